The van der Waals surface area contributed by atoms with Gasteiger partial charge in [0.1, 0.15) is 17.3 Å². The molecule has 0 saturated heterocycles. The number of fused-ring (bicyclic) bond motifs is 2. The Hall–Kier alpha value is -3.50. The lowest BCUT2D eigenvalue weighted by molar-refractivity contribution is -0.113. The quantitative estimate of drug-likeness (QED) is 0.447. The minimum atomic E-state index is -0.200. The summed E-state index contributed by atoms with van der Waals surface area (Å²) in [5.74, 6) is 0.0991. The Morgan fingerprint density at radius 2 is 1.90 bits per heavy atom. The van der Waals surface area contributed by atoms with E-state index in [9.17, 15) is 10.1 Å². The molecule has 2 heterocycles. The molecule has 2 aromatic heterocycles. The molecule has 0 saturated carbocycles. The first-order valence-electron chi connectivity index (χ1n) is 10.2. The van der Waals surface area contributed by atoms with Crippen molar-refractivity contribution in [3.8, 4) is 11.8 Å². The molecular formula is C24H20N4O2S. The number of furan rings is 1. The molecule has 0 radical (unpaired) electrons. The highest BCUT2D eigenvalue weighted by Crippen LogP contribution is 2.32. The van der Waals surface area contributed by atoms with Gasteiger partial charge < -0.3 is 9.73 Å². The zero-order chi connectivity index (χ0) is 21.2. The van der Waals surface area contributed by atoms with Gasteiger partial charge in [0.15, 0.2) is 5.16 Å². The summed E-state index contributed by atoms with van der Waals surface area (Å²) in [6.07, 6.45) is 4.27. The van der Waals surface area contributed by atoms with Crippen molar-refractivity contribution in [1.82, 2.24) is 9.55 Å². The van der Waals surface area contributed by atoms with Gasteiger partial charge in [-0.25, -0.2) is 4.98 Å². The van der Waals surface area contributed by atoms with Crippen molar-refractivity contribution in [1.29, 1.82) is 5.26 Å². The number of benzene rings is 2. The number of nitrogens with zero attached hydrogens (tertiary/aromatic N) is 3. The van der Waals surface area contributed by atoms with Crippen molar-refractivity contribution in [3.63, 3.8) is 0 Å². The summed E-state index contributed by atoms with van der Waals surface area (Å²) in [6, 6.07) is 19.5. The number of aromatic nitrogens is 2. The molecule has 1 aliphatic rings. The monoisotopic (exact) mass is 428 g/mol. The highest BCUT2D eigenvalue weighted by atomic mass is 32.2. The molecule has 0 fully saturated rings. The van der Waals surface area contributed by atoms with Crippen LogP contribution in [-0.2, 0) is 17.6 Å². The predicted octanol–water partition coefficient (Wildman–Crippen LogP) is 5.10. The molecule has 1 amide bonds. The SMILES string of the molecule is N#Cc1oc2ccccc2c1NC(=O)CSc1nc2c(n1-c1ccccc1)CCCC2. The second-order valence-corrected chi connectivity index (χ2v) is 8.36. The molecular weight excluding hydrogens is 408 g/mol. The fourth-order valence-electron chi connectivity index (χ4n) is 4.01. The Kier molecular flexibility index (Phi) is 5.23. The first kappa shape index (κ1) is 19.5. The van der Waals surface area contributed by atoms with Crippen molar-refractivity contribution in [3.05, 3.63) is 71.7 Å². The van der Waals surface area contributed by atoms with Crippen LogP contribution in [0.4, 0.5) is 5.69 Å². The highest BCUT2D eigenvalue weighted by Gasteiger charge is 2.22. The van der Waals surface area contributed by atoms with Gasteiger partial charge in [-0.3, -0.25) is 9.36 Å². The lowest BCUT2D eigenvalue weighted by Gasteiger charge is -2.15. The Morgan fingerprint density at radius 3 is 2.74 bits per heavy atom. The third kappa shape index (κ3) is 3.71. The molecule has 0 spiro atoms. The van der Waals surface area contributed by atoms with Crippen LogP contribution in [0.15, 0.2) is 64.2 Å². The highest BCUT2D eigenvalue weighted by molar-refractivity contribution is 7.99. The summed E-state index contributed by atoms with van der Waals surface area (Å²) in [5.41, 5.74) is 4.44. The number of rotatable bonds is 5. The fourth-order valence-corrected chi connectivity index (χ4v) is 4.86. The van der Waals surface area contributed by atoms with Gasteiger partial charge in [0.25, 0.3) is 0 Å². The number of amides is 1. The normalized spacial score (nSPS) is 13.0. The van der Waals surface area contributed by atoms with E-state index in [1.165, 1.54) is 17.5 Å². The maximum Gasteiger partial charge on any atom is 0.234 e. The first-order chi connectivity index (χ1) is 15.2. The number of carbonyl (C=O) groups is 1. The van der Waals surface area contributed by atoms with Gasteiger partial charge >= 0.3 is 0 Å². The summed E-state index contributed by atoms with van der Waals surface area (Å²) in [5, 5.41) is 13.8. The second kappa shape index (κ2) is 8.32. The van der Waals surface area contributed by atoms with E-state index in [0.717, 1.165) is 47.6 Å². The molecule has 0 atom stereocenters. The molecule has 2 aromatic carbocycles. The van der Waals surface area contributed by atoms with E-state index in [-0.39, 0.29) is 17.4 Å². The first-order valence-corrected chi connectivity index (χ1v) is 11.2. The minimum Gasteiger partial charge on any atom is -0.443 e. The van der Waals surface area contributed by atoms with Crippen LogP contribution in [0.1, 0.15) is 30.0 Å². The Balaban J connectivity index is 1.39. The molecule has 4 aromatic rings. The number of imidazole rings is 1. The van der Waals surface area contributed by atoms with E-state index >= 15 is 0 Å². The third-order valence-corrected chi connectivity index (χ3v) is 6.35. The number of nitrogens with one attached hydrogen (secondary N) is 1. The zero-order valence-electron chi connectivity index (χ0n) is 16.8. The molecule has 154 valence electrons. The maximum atomic E-state index is 12.8. The lowest BCUT2D eigenvalue weighted by Crippen LogP contribution is -2.15. The standard InChI is InChI=1S/C24H20N4O2S/c25-14-21-23(17-10-4-7-13-20(17)30-21)27-22(29)15-31-24-26-18-11-5-6-12-19(18)28(24)16-8-2-1-3-9-16/h1-4,7-10,13H,5-6,11-12,15H2,(H,27,29). The Labute approximate surface area is 183 Å². The number of anilines is 1. The third-order valence-electron chi connectivity index (χ3n) is 5.41. The molecule has 7 heteroatoms. The predicted molar refractivity (Wildman–Crippen MR) is 120 cm³/mol. The topological polar surface area (TPSA) is 83.8 Å². The van der Waals surface area contributed by atoms with Gasteiger partial charge in [0, 0.05) is 16.8 Å². The molecule has 0 bridgehead atoms. The largest absolute Gasteiger partial charge is 0.443 e. The van der Waals surface area contributed by atoms with Crippen LogP contribution in [0.2, 0.25) is 0 Å². The van der Waals surface area contributed by atoms with Crippen LogP contribution < -0.4 is 5.32 Å². The van der Waals surface area contributed by atoms with Crippen molar-refractivity contribution in [2.45, 2.75) is 30.8 Å². The Bertz CT molecular complexity index is 1300. The second-order valence-electron chi connectivity index (χ2n) is 7.42. The lowest BCUT2D eigenvalue weighted by atomic mass is 10.0. The van der Waals surface area contributed by atoms with Gasteiger partial charge in [-0.2, -0.15) is 5.26 Å². The maximum absolute atomic E-state index is 12.8. The number of carbonyl (C=O) groups excluding carboxylic acids is 1. The van der Waals surface area contributed by atoms with E-state index in [4.69, 9.17) is 9.40 Å². The molecule has 1 aliphatic carbocycles. The fraction of sp³-hybridized carbons (Fsp3) is 0.208. The summed E-state index contributed by atoms with van der Waals surface area (Å²) >= 11 is 1.41. The van der Waals surface area contributed by atoms with Crippen molar-refractivity contribution >= 4 is 34.3 Å². The van der Waals surface area contributed by atoms with Crippen LogP contribution >= 0.6 is 11.8 Å². The number of hydrogen-bond donors (Lipinski definition) is 1. The summed E-state index contributed by atoms with van der Waals surface area (Å²) < 4.78 is 7.73. The van der Waals surface area contributed by atoms with Crippen LogP contribution in [0, 0.1) is 11.3 Å². The van der Waals surface area contributed by atoms with E-state index in [1.807, 2.05) is 42.5 Å². The summed E-state index contributed by atoms with van der Waals surface area (Å²) in [7, 11) is 0. The van der Waals surface area contributed by atoms with Gasteiger partial charge in [-0.15, -0.1) is 0 Å². The number of nitriles is 1. The molecule has 0 aliphatic heterocycles. The summed E-state index contributed by atoms with van der Waals surface area (Å²) in [6.45, 7) is 0. The van der Waals surface area contributed by atoms with E-state index < -0.39 is 0 Å². The van der Waals surface area contributed by atoms with Gasteiger partial charge in [0.05, 0.1) is 11.4 Å². The summed E-state index contributed by atoms with van der Waals surface area (Å²) in [4.78, 5) is 17.6. The smallest absolute Gasteiger partial charge is 0.234 e. The Morgan fingerprint density at radius 1 is 1.13 bits per heavy atom. The van der Waals surface area contributed by atoms with E-state index in [2.05, 4.69) is 22.0 Å². The van der Waals surface area contributed by atoms with Gasteiger partial charge in [-0.05, 0) is 49.9 Å². The van der Waals surface area contributed by atoms with Gasteiger partial charge in [-0.1, -0.05) is 42.1 Å². The molecule has 5 rings (SSSR count). The number of aryl methyl sites for hydroxylation is 1. The number of para-hydroxylation sites is 2. The van der Waals surface area contributed by atoms with E-state index in [1.54, 1.807) is 6.07 Å². The van der Waals surface area contributed by atoms with Gasteiger partial charge in [0.2, 0.25) is 11.7 Å². The average molecular weight is 429 g/mol. The molecule has 0 unspecified atom stereocenters. The number of thioether (sulfide) groups is 1. The van der Waals surface area contributed by atoms with Crippen molar-refractivity contribution in [2.24, 2.45) is 0 Å². The van der Waals surface area contributed by atoms with Crippen LogP contribution in [0.5, 0.6) is 0 Å². The minimum absolute atomic E-state index is 0.112. The molecule has 31 heavy (non-hydrogen) atoms. The average Bonchev–Trinajstić information content (AvgIpc) is 3.36. The van der Waals surface area contributed by atoms with Crippen LogP contribution in [0.3, 0.4) is 0 Å². The van der Waals surface area contributed by atoms with Crippen molar-refractivity contribution < 1.29 is 9.21 Å². The molecule has 1 N–H and O–H groups in total. The van der Waals surface area contributed by atoms with Crippen LogP contribution in [-0.4, -0.2) is 21.2 Å². The van der Waals surface area contributed by atoms with E-state index in [0.29, 0.717) is 11.3 Å². The van der Waals surface area contributed by atoms with Crippen molar-refractivity contribution in [2.75, 3.05) is 11.1 Å². The zero-order valence-corrected chi connectivity index (χ0v) is 17.6. The van der Waals surface area contributed by atoms with Crippen LogP contribution in [0.25, 0.3) is 16.7 Å². The number of hydrogen-bond acceptors (Lipinski definition) is 5. The molecule has 6 nitrogen and oxygen atoms in total.